The number of ether oxygens (including phenoxy) is 3. The lowest BCUT2D eigenvalue weighted by atomic mass is 10.1. The fraction of sp³-hybridized carbons (Fsp3) is 0.467. The summed E-state index contributed by atoms with van der Waals surface area (Å²) in [4.78, 5) is 48.8. The monoisotopic (exact) mass is 594 g/mol. The van der Waals surface area contributed by atoms with Gasteiger partial charge in [-0.2, -0.15) is 4.68 Å². The third kappa shape index (κ3) is 9.23. The third-order valence-corrected chi connectivity index (χ3v) is 6.45. The van der Waals surface area contributed by atoms with E-state index in [1.165, 1.54) is 0 Å². The van der Waals surface area contributed by atoms with Crippen molar-refractivity contribution in [3.8, 4) is 5.75 Å². The molecule has 43 heavy (non-hydrogen) atoms. The lowest BCUT2D eigenvalue weighted by Crippen LogP contribution is -2.45. The van der Waals surface area contributed by atoms with E-state index in [9.17, 15) is 19.2 Å². The van der Waals surface area contributed by atoms with E-state index < -0.39 is 29.2 Å². The van der Waals surface area contributed by atoms with Crippen LogP contribution in [0.1, 0.15) is 58.9 Å². The number of piperidine rings is 1. The fourth-order valence-corrected chi connectivity index (χ4v) is 4.42. The van der Waals surface area contributed by atoms with Gasteiger partial charge in [0.05, 0.1) is 12.0 Å². The van der Waals surface area contributed by atoms with Gasteiger partial charge in [0.15, 0.2) is 0 Å². The summed E-state index contributed by atoms with van der Waals surface area (Å²) in [5.41, 5.74) is 0.656. The summed E-state index contributed by atoms with van der Waals surface area (Å²) in [7, 11) is 0. The summed E-state index contributed by atoms with van der Waals surface area (Å²) < 4.78 is 17.8. The maximum absolute atomic E-state index is 13.2. The molecule has 1 aliphatic rings. The van der Waals surface area contributed by atoms with E-state index in [0.717, 1.165) is 23.9 Å². The Morgan fingerprint density at radius 1 is 1.02 bits per heavy atom. The average Bonchev–Trinajstić information content (AvgIpc) is 2.94. The van der Waals surface area contributed by atoms with Gasteiger partial charge in [-0.15, -0.1) is 5.10 Å². The van der Waals surface area contributed by atoms with Crippen molar-refractivity contribution in [2.45, 2.75) is 64.5 Å². The number of hydrogen-bond acceptors (Lipinski definition) is 10. The van der Waals surface area contributed by atoms with Crippen LogP contribution in [0.5, 0.6) is 5.75 Å². The number of amides is 3. The number of nitrogens with one attached hydrogen (secondary N) is 3. The van der Waals surface area contributed by atoms with Gasteiger partial charge in [-0.3, -0.25) is 25.0 Å². The number of carbonyl (C=O) groups excluding carboxylic acids is 3. The first-order valence-corrected chi connectivity index (χ1v) is 14.4. The highest BCUT2D eigenvalue weighted by atomic mass is 16.6. The minimum atomic E-state index is -0.873. The molecule has 1 fully saturated rings. The zero-order valence-electron chi connectivity index (χ0n) is 24.7. The van der Waals surface area contributed by atoms with Gasteiger partial charge < -0.3 is 19.5 Å². The topological polar surface area (TPSA) is 163 Å². The Labute approximate surface area is 249 Å². The van der Waals surface area contributed by atoms with E-state index in [0.29, 0.717) is 54.4 Å². The molecule has 0 radical (unpaired) electrons. The zero-order valence-corrected chi connectivity index (χ0v) is 24.7. The largest absolute Gasteiger partial charge is 0.494 e. The number of aromatic nitrogens is 3. The van der Waals surface area contributed by atoms with Gasteiger partial charge >= 0.3 is 6.09 Å². The summed E-state index contributed by atoms with van der Waals surface area (Å²) in [5, 5.41) is 16.6. The molecule has 13 heteroatoms. The van der Waals surface area contributed by atoms with Gasteiger partial charge in [0.1, 0.15) is 22.9 Å². The summed E-state index contributed by atoms with van der Waals surface area (Å²) in [6.07, 6.45) is 2.22. The summed E-state index contributed by atoms with van der Waals surface area (Å²) in [6.45, 7) is 7.69. The molecule has 4 rings (SSSR count). The number of unbranched alkanes of at least 4 members (excludes halogenated alkanes) is 1. The molecule has 0 saturated carbocycles. The molecule has 2 heterocycles. The molecule has 1 unspecified atom stereocenters. The zero-order chi connectivity index (χ0) is 30.8. The van der Waals surface area contributed by atoms with Crippen LogP contribution in [0.2, 0.25) is 0 Å². The fourth-order valence-electron chi connectivity index (χ4n) is 4.42. The van der Waals surface area contributed by atoms with Crippen LogP contribution in [0.3, 0.4) is 0 Å². The van der Waals surface area contributed by atoms with Gasteiger partial charge in [0.25, 0.3) is 11.5 Å². The number of imide groups is 1. The standard InChI is InChI=1S/C30H38N6O7/c1-30(2,3)43-29(40)32-20-10-12-21(13-11-20)42-19-5-4-17-41-18-7-16-31-22-8-6-9-23-26(22)28(39)36(35-34-23)24-14-15-25(37)33-27(24)38/h6,8-13,24,31H,4-5,7,14-19H2,1-3H3,(H,32,40)(H,33,37,38). The van der Waals surface area contributed by atoms with Crippen LogP contribution >= 0.6 is 0 Å². The van der Waals surface area contributed by atoms with E-state index in [4.69, 9.17) is 14.2 Å². The molecule has 0 aliphatic carbocycles. The first-order valence-electron chi connectivity index (χ1n) is 14.4. The molecule has 2 aromatic carbocycles. The van der Waals surface area contributed by atoms with Crippen LogP contribution in [0.15, 0.2) is 47.3 Å². The number of nitrogens with zero attached hydrogens (tertiary/aromatic N) is 3. The second-order valence-corrected chi connectivity index (χ2v) is 11.1. The molecule has 0 bridgehead atoms. The molecule has 3 amide bonds. The minimum absolute atomic E-state index is 0.139. The van der Waals surface area contributed by atoms with E-state index >= 15 is 0 Å². The van der Waals surface area contributed by atoms with Gasteiger partial charge in [-0.1, -0.05) is 11.3 Å². The summed E-state index contributed by atoms with van der Waals surface area (Å²) >= 11 is 0. The van der Waals surface area contributed by atoms with Crippen molar-refractivity contribution in [3.63, 3.8) is 0 Å². The number of carbonyl (C=O) groups is 3. The Morgan fingerprint density at radius 3 is 2.51 bits per heavy atom. The van der Waals surface area contributed by atoms with E-state index in [1.54, 1.807) is 42.5 Å². The molecule has 1 atom stereocenters. The Morgan fingerprint density at radius 2 is 1.77 bits per heavy atom. The van der Waals surface area contributed by atoms with Crippen LogP contribution in [-0.2, 0) is 19.1 Å². The SMILES string of the molecule is CC(C)(C)OC(=O)Nc1ccc(OCCCCOCCCNc2cccc3nnn(C4CCC(=O)NC4=O)c(=O)c23)cc1. The Balaban J connectivity index is 1.13. The Hall–Kier alpha value is -4.52. The van der Waals surface area contributed by atoms with Gasteiger partial charge in [0.2, 0.25) is 5.91 Å². The normalized spacial score (nSPS) is 15.2. The van der Waals surface area contributed by atoms with Gasteiger partial charge in [0, 0.05) is 37.6 Å². The van der Waals surface area contributed by atoms with Crippen LogP contribution < -0.4 is 26.2 Å². The molecular formula is C30H38N6O7. The van der Waals surface area contributed by atoms with Crippen LogP contribution in [0, 0.1) is 0 Å². The van der Waals surface area contributed by atoms with E-state index in [2.05, 4.69) is 26.3 Å². The number of fused-ring (bicyclic) bond motifs is 1. The molecule has 230 valence electrons. The lowest BCUT2D eigenvalue weighted by Gasteiger charge is -2.21. The molecule has 1 saturated heterocycles. The highest BCUT2D eigenvalue weighted by Crippen LogP contribution is 2.21. The van der Waals surface area contributed by atoms with Crippen molar-refractivity contribution in [3.05, 3.63) is 52.8 Å². The Kier molecular flexibility index (Phi) is 10.7. The van der Waals surface area contributed by atoms with Crippen molar-refractivity contribution >= 4 is 40.2 Å². The molecule has 13 nitrogen and oxygen atoms in total. The summed E-state index contributed by atoms with van der Waals surface area (Å²) in [5.74, 6) is -0.200. The highest BCUT2D eigenvalue weighted by Gasteiger charge is 2.30. The maximum Gasteiger partial charge on any atom is 0.412 e. The van der Waals surface area contributed by atoms with Gasteiger partial charge in [-0.25, -0.2) is 4.79 Å². The first-order chi connectivity index (χ1) is 20.6. The Bertz CT molecular complexity index is 1480. The maximum atomic E-state index is 13.2. The van der Waals surface area contributed by atoms with Crippen molar-refractivity contribution in [2.75, 3.05) is 37.0 Å². The molecule has 3 aromatic rings. The molecule has 0 spiro atoms. The van der Waals surface area contributed by atoms with Crippen LogP contribution in [0.4, 0.5) is 16.2 Å². The second kappa shape index (κ2) is 14.6. The second-order valence-electron chi connectivity index (χ2n) is 11.1. The third-order valence-electron chi connectivity index (χ3n) is 6.45. The van der Waals surface area contributed by atoms with E-state index in [-0.39, 0.29) is 18.7 Å². The molecule has 3 N–H and O–H groups in total. The smallest absolute Gasteiger partial charge is 0.412 e. The van der Waals surface area contributed by atoms with Crippen molar-refractivity contribution in [1.82, 2.24) is 20.3 Å². The number of hydrogen-bond donors (Lipinski definition) is 3. The number of anilines is 2. The predicted octanol–water partition coefficient (Wildman–Crippen LogP) is 3.79. The predicted molar refractivity (Wildman–Crippen MR) is 160 cm³/mol. The van der Waals surface area contributed by atoms with Gasteiger partial charge in [-0.05, 0) is 82.9 Å². The van der Waals surface area contributed by atoms with Crippen molar-refractivity contribution in [2.24, 2.45) is 0 Å². The molecule has 1 aromatic heterocycles. The van der Waals surface area contributed by atoms with Crippen molar-refractivity contribution < 1.29 is 28.6 Å². The minimum Gasteiger partial charge on any atom is -0.494 e. The highest BCUT2D eigenvalue weighted by molar-refractivity contribution is 5.99. The lowest BCUT2D eigenvalue weighted by molar-refractivity contribution is -0.136. The summed E-state index contributed by atoms with van der Waals surface area (Å²) in [6, 6.07) is 11.5. The average molecular weight is 595 g/mol. The van der Waals surface area contributed by atoms with Crippen LogP contribution in [-0.4, -0.2) is 64.9 Å². The van der Waals surface area contributed by atoms with Crippen LogP contribution in [0.25, 0.3) is 10.9 Å². The van der Waals surface area contributed by atoms with Crippen molar-refractivity contribution in [1.29, 1.82) is 0 Å². The number of benzene rings is 2. The number of rotatable bonds is 13. The quantitative estimate of drug-likeness (QED) is 0.196. The first kappa shape index (κ1) is 31.4. The molecular weight excluding hydrogens is 556 g/mol. The molecule has 1 aliphatic heterocycles. The van der Waals surface area contributed by atoms with E-state index in [1.807, 2.05) is 20.8 Å².